The van der Waals surface area contributed by atoms with Crippen molar-refractivity contribution in [2.45, 2.75) is 39.0 Å². The van der Waals surface area contributed by atoms with Crippen molar-refractivity contribution >= 4 is 21.6 Å². The summed E-state index contributed by atoms with van der Waals surface area (Å²) in [7, 11) is 1.08. The van der Waals surface area contributed by atoms with Gasteiger partial charge in [0.25, 0.3) is 0 Å². The van der Waals surface area contributed by atoms with Crippen LogP contribution in [0.1, 0.15) is 27.7 Å². The average Bonchev–Trinajstić information content (AvgIpc) is 2.57. The molecule has 0 aromatic carbocycles. The molecule has 0 aliphatic heterocycles. The molecular weight excluding hydrogens is 440 g/mol. The number of rotatable bonds is 7. The normalized spacial score (nSPS) is 22.5. The molecule has 0 atom stereocenters. The Balaban J connectivity index is 2.54. The van der Waals surface area contributed by atoms with E-state index in [1.54, 1.807) is 27.7 Å². The van der Waals surface area contributed by atoms with E-state index in [4.69, 9.17) is 0 Å². The van der Waals surface area contributed by atoms with Gasteiger partial charge in [-0.1, -0.05) is 39.8 Å². The molecule has 0 saturated carbocycles. The minimum absolute atomic E-state index is 0.302. The zero-order valence-corrected chi connectivity index (χ0v) is 18.0. The van der Waals surface area contributed by atoms with E-state index in [1.807, 2.05) is 0 Å². The highest BCUT2D eigenvalue weighted by molar-refractivity contribution is 8.79. The number of hydrogen-bond acceptors (Lipinski definition) is 10. The van der Waals surface area contributed by atoms with Gasteiger partial charge in [-0.25, -0.2) is 0 Å². The smallest absolute Gasteiger partial charge is 0.258 e. The summed E-state index contributed by atoms with van der Waals surface area (Å²) in [5.74, 6) is 0. The van der Waals surface area contributed by atoms with Gasteiger partial charge in [0.15, 0.2) is 9.81 Å². The van der Waals surface area contributed by atoms with Crippen molar-refractivity contribution in [3.05, 3.63) is 86.7 Å². The lowest BCUT2D eigenvalue weighted by Crippen LogP contribution is -2.48. The van der Waals surface area contributed by atoms with Crippen LogP contribution in [-0.2, 0) is 0 Å². The lowest BCUT2D eigenvalue weighted by Gasteiger charge is -2.28. The summed E-state index contributed by atoms with van der Waals surface area (Å²) >= 11 is 0. The minimum atomic E-state index is -2.78. The van der Waals surface area contributed by atoms with E-state index < -0.39 is 41.8 Å². The van der Waals surface area contributed by atoms with Gasteiger partial charge in [0.1, 0.15) is 19.7 Å². The van der Waals surface area contributed by atoms with Gasteiger partial charge < -0.3 is 0 Å². The maximum absolute atomic E-state index is 11.6. The summed E-state index contributed by atoms with van der Waals surface area (Å²) < 4.78 is 0. The zero-order valence-electron chi connectivity index (χ0n) is 16.3. The molecule has 0 aromatic heterocycles. The molecule has 0 fully saturated rings. The second-order valence-corrected chi connectivity index (χ2v) is 10.2. The van der Waals surface area contributed by atoms with E-state index in [0.717, 1.165) is 12.2 Å². The third-order valence-electron chi connectivity index (χ3n) is 4.56. The van der Waals surface area contributed by atoms with E-state index in [0.29, 0.717) is 21.6 Å². The Morgan fingerprint density at radius 1 is 0.600 bits per heavy atom. The fraction of sp³-hybridized carbons (Fsp3) is 0.500. The molecule has 0 radical (unpaired) electrons. The topological polar surface area (TPSA) is 173 Å². The lowest BCUT2D eigenvalue weighted by molar-refractivity contribution is -0.767. The molecule has 0 bridgehead atoms. The van der Waals surface area contributed by atoms with Crippen molar-refractivity contribution in [2.24, 2.45) is 10.8 Å². The summed E-state index contributed by atoms with van der Waals surface area (Å²) in [5.41, 5.74) is -7.08. The predicted octanol–water partition coefficient (Wildman–Crippen LogP) is 3.83. The van der Waals surface area contributed by atoms with Gasteiger partial charge in [0.2, 0.25) is 0 Å². The zero-order chi connectivity index (χ0) is 23.1. The van der Waals surface area contributed by atoms with Crippen LogP contribution in [0, 0.1) is 51.3 Å². The first-order chi connectivity index (χ1) is 13.6. The van der Waals surface area contributed by atoms with Crippen molar-refractivity contribution < 1.29 is 19.7 Å². The van der Waals surface area contributed by atoms with E-state index >= 15 is 0 Å². The third kappa shape index (κ3) is 3.84. The van der Waals surface area contributed by atoms with Crippen LogP contribution in [0.3, 0.4) is 0 Å². The van der Waals surface area contributed by atoms with Crippen LogP contribution in [0.5, 0.6) is 0 Å². The van der Waals surface area contributed by atoms with Crippen LogP contribution in [0.2, 0.25) is 0 Å². The van der Waals surface area contributed by atoms with Crippen LogP contribution >= 0.6 is 21.6 Å². The molecular formula is C16H18N4O8S2. The molecule has 0 N–H and O–H groups in total. The molecule has 2 aliphatic carbocycles. The molecule has 2 rings (SSSR count). The van der Waals surface area contributed by atoms with Crippen LogP contribution in [0.15, 0.2) is 46.3 Å². The van der Waals surface area contributed by atoms with E-state index in [-0.39, 0.29) is 9.81 Å². The molecule has 162 valence electrons. The van der Waals surface area contributed by atoms with E-state index in [1.165, 1.54) is 24.3 Å². The van der Waals surface area contributed by atoms with Crippen molar-refractivity contribution in [3.63, 3.8) is 0 Å². The Hall–Kier alpha value is -2.74. The van der Waals surface area contributed by atoms with Crippen molar-refractivity contribution in [1.29, 1.82) is 0 Å². The first-order valence-corrected chi connectivity index (χ1v) is 10.6. The van der Waals surface area contributed by atoms with Gasteiger partial charge in [-0.05, 0) is 33.7 Å². The standard InChI is InChI=1S/C16H18N4O8S2/c1-13(2)5-7-15(17(21)22,18(23)24)11(9-13)29-30-12-10-14(3,4)6-8-16(12,19(25)26)20(27)28/h5-10H,1-4H3. The number of nitro groups is 4. The second kappa shape index (κ2) is 7.50. The molecule has 2 aliphatic rings. The molecule has 0 aromatic rings. The monoisotopic (exact) mass is 458 g/mol. The number of nitrogens with zero attached hydrogens (tertiary/aromatic N) is 4. The summed E-state index contributed by atoms with van der Waals surface area (Å²) in [4.78, 5) is 41.7. The van der Waals surface area contributed by atoms with E-state index in [2.05, 4.69) is 0 Å². The van der Waals surface area contributed by atoms with Crippen LogP contribution in [0.25, 0.3) is 0 Å². The third-order valence-corrected chi connectivity index (χ3v) is 7.16. The van der Waals surface area contributed by atoms with Crippen LogP contribution < -0.4 is 0 Å². The first-order valence-electron chi connectivity index (χ1n) is 8.41. The summed E-state index contributed by atoms with van der Waals surface area (Å²) in [6.07, 6.45) is 7.03. The molecule has 0 amide bonds. The average molecular weight is 458 g/mol. The maximum atomic E-state index is 11.6. The quantitative estimate of drug-likeness (QED) is 0.179. The summed E-state index contributed by atoms with van der Waals surface area (Å²) in [6, 6.07) is 0. The molecule has 0 spiro atoms. The van der Waals surface area contributed by atoms with Gasteiger partial charge in [-0.2, -0.15) is 0 Å². The van der Waals surface area contributed by atoms with Gasteiger partial charge >= 0.3 is 11.3 Å². The maximum Gasteiger partial charge on any atom is 0.509 e. The van der Waals surface area contributed by atoms with Crippen LogP contribution in [-0.4, -0.2) is 31.0 Å². The Kier molecular flexibility index (Phi) is 5.89. The molecule has 14 heteroatoms. The molecule has 0 saturated heterocycles. The fourth-order valence-electron chi connectivity index (χ4n) is 2.81. The lowest BCUT2D eigenvalue weighted by atomic mass is 9.85. The molecule has 0 heterocycles. The van der Waals surface area contributed by atoms with Crippen LogP contribution in [0.4, 0.5) is 0 Å². The predicted molar refractivity (Wildman–Crippen MR) is 111 cm³/mol. The first kappa shape index (κ1) is 23.5. The molecule has 12 nitrogen and oxygen atoms in total. The van der Waals surface area contributed by atoms with Gasteiger partial charge in [0.05, 0.1) is 12.2 Å². The highest BCUT2D eigenvalue weighted by atomic mass is 33.1. The fourth-order valence-corrected chi connectivity index (χ4v) is 5.93. The van der Waals surface area contributed by atoms with Crippen molar-refractivity contribution in [2.75, 3.05) is 0 Å². The van der Waals surface area contributed by atoms with Gasteiger partial charge in [-0.3, -0.25) is 40.5 Å². The van der Waals surface area contributed by atoms with Gasteiger partial charge in [0, 0.05) is 10.8 Å². The Morgan fingerprint density at radius 2 is 0.867 bits per heavy atom. The Bertz CT molecular complexity index is 847. The SMILES string of the molecule is CC1(C)C=CC([N+](=O)[O-])([N+](=O)[O-])C(SSC2=CC(C)(C)C=CC2([N+](=O)[O-])[N+](=O)[O-])=C1. The largest absolute Gasteiger partial charge is 0.509 e. The second-order valence-electron chi connectivity index (χ2n) is 7.97. The van der Waals surface area contributed by atoms with Gasteiger partial charge in [-0.15, -0.1) is 0 Å². The number of hydrogen-bond donors (Lipinski definition) is 0. The van der Waals surface area contributed by atoms with Crippen molar-refractivity contribution in [1.82, 2.24) is 0 Å². The summed E-state index contributed by atoms with van der Waals surface area (Å²) in [6.45, 7) is 6.68. The molecule has 0 unspecified atom stereocenters. The molecule has 30 heavy (non-hydrogen) atoms. The Morgan fingerprint density at radius 3 is 1.10 bits per heavy atom. The number of allylic oxidation sites excluding steroid dienone is 4. The van der Waals surface area contributed by atoms with Crippen molar-refractivity contribution in [3.8, 4) is 0 Å². The highest BCUT2D eigenvalue weighted by Gasteiger charge is 2.63. The minimum Gasteiger partial charge on any atom is -0.258 e. The van der Waals surface area contributed by atoms with E-state index in [9.17, 15) is 40.5 Å². The highest BCUT2D eigenvalue weighted by Crippen LogP contribution is 2.52. The summed E-state index contributed by atoms with van der Waals surface area (Å²) in [5, 5.41) is 46.6. The Labute approximate surface area is 178 Å².